The van der Waals surface area contributed by atoms with E-state index in [1.54, 1.807) is 24.7 Å². The van der Waals surface area contributed by atoms with Crippen molar-refractivity contribution >= 4 is 17.5 Å². The average Bonchev–Trinajstić information content (AvgIpc) is 2.73. The summed E-state index contributed by atoms with van der Waals surface area (Å²) < 4.78 is 0. The molecule has 0 spiro atoms. The Balaban J connectivity index is 1.61. The van der Waals surface area contributed by atoms with Crippen molar-refractivity contribution in [1.29, 1.82) is 0 Å². The molecule has 2 heterocycles. The van der Waals surface area contributed by atoms with Crippen LogP contribution < -0.4 is 10.6 Å². The van der Waals surface area contributed by atoms with Crippen molar-refractivity contribution in [1.82, 2.24) is 20.6 Å². The van der Waals surface area contributed by atoms with Crippen molar-refractivity contribution in [2.24, 2.45) is 0 Å². The third-order valence-corrected chi connectivity index (χ3v) is 4.77. The number of nitrogens with one attached hydrogen (secondary N) is 2. The third kappa shape index (κ3) is 5.87. The minimum absolute atomic E-state index is 0.0910. The third-order valence-electron chi connectivity index (χ3n) is 4.43. The van der Waals surface area contributed by atoms with Gasteiger partial charge in [0.15, 0.2) is 0 Å². The fourth-order valence-corrected chi connectivity index (χ4v) is 3.19. The van der Waals surface area contributed by atoms with Gasteiger partial charge >= 0.3 is 0 Å². The second-order valence-corrected chi connectivity index (χ2v) is 6.82. The van der Waals surface area contributed by atoms with Gasteiger partial charge in [-0.25, -0.2) is 0 Å². The van der Waals surface area contributed by atoms with Gasteiger partial charge in [-0.15, -0.1) is 0 Å². The molecule has 5 nitrogen and oxygen atoms in total. The second kappa shape index (κ2) is 10.5. The summed E-state index contributed by atoms with van der Waals surface area (Å²) in [6.45, 7) is 1.19. The van der Waals surface area contributed by atoms with Gasteiger partial charge in [0.25, 0.3) is 0 Å². The molecule has 0 saturated heterocycles. The van der Waals surface area contributed by atoms with Gasteiger partial charge in [-0.1, -0.05) is 35.9 Å². The molecule has 1 unspecified atom stereocenters. The van der Waals surface area contributed by atoms with Crippen molar-refractivity contribution in [3.8, 4) is 0 Å². The summed E-state index contributed by atoms with van der Waals surface area (Å²) in [5.41, 5.74) is 3.03. The number of benzene rings is 1. The molecule has 0 saturated carbocycles. The maximum absolute atomic E-state index is 12.9. The van der Waals surface area contributed by atoms with Crippen molar-refractivity contribution in [3.05, 3.63) is 95.0 Å². The van der Waals surface area contributed by atoms with E-state index in [0.29, 0.717) is 18.1 Å². The van der Waals surface area contributed by atoms with Gasteiger partial charge in [-0.2, -0.15) is 0 Å². The molecule has 28 heavy (non-hydrogen) atoms. The summed E-state index contributed by atoms with van der Waals surface area (Å²) in [6.07, 6.45) is 8.61. The first kappa shape index (κ1) is 20.0. The van der Waals surface area contributed by atoms with E-state index in [-0.39, 0.29) is 5.91 Å². The molecule has 0 fully saturated rings. The van der Waals surface area contributed by atoms with Crippen LogP contribution in [0.25, 0.3) is 0 Å². The van der Waals surface area contributed by atoms with Gasteiger partial charge in [0.2, 0.25) is 5.91 Å². The van der Waals surface area contributed by atoms with Crippen LogP contribution >= 0.6 is 11.6 Å². The SMILES string of the molecule is O=C(NCCc1cccnc1)C(NCCc1ccncc1)c1ccccc1Cl. The van der Waals surface area contributed by atoms with Crippen LogP contribution in [0.4, 0.5) is 0 Å². The van der Waals surface area contributed by atoms with Crippen LogP contribution in [0.1, 0.15) is 22.7 Å². The van der Waals surface area contributed by atoms with E-state index < -0.39 is 6.04 Å². The summed E-state index contributed by atoms with van der Waals surface area (Å²) in [5, 5.41) is 6.93. The van der Waals surface area contributed by atoms with E-state index in [9.17, 15) is 4.79 Å². The molecule has 1 atom stereocenters. The smallest absolute Gasteiger partial charge is 0.241 e. The van der Waals surface area contributed by atoms with Crippen molar-refractivity contribution in [3.63, 3.8) is 0 Å². The molecular formula is C22H23ClN4O. The van der Waals surface area contributed by atoms with Crippen molar-refractivity contribution < 1.29 is 4.79 Å². The highest BCUT2D eigenvalue weighted by Gasteiger charge is 2.21. The largest absolute Gasteiger partial charge is 0.354 e. The summed E-state index contributed by atoms with van der Waals surface area (Å²) >= 11 is 6.35. The predicted molar refractivity (Wildman–Crippen MR) is 111 cm³/mol. The first-order valence-electron chi connectivity index (χ1n) is 9.27. The fraction of sp³-hybridized carbons (Fsp3) is 0.227. The zero-order chi connectivity index (χ0) is 19.6. The Labute approximate surface area is 170 Å². The molecule has 1 aromatic carbocycles. The fourth-order valence-electron chi connectivity index (χ4n) is 2.94. The van der Waals surface area contributed by atoms with E-state index in [0.717, 1.165) is 29.5 Å². The number of hydrogen-bond acceptors (Lipinski definition) is 4. The lowest BCUT2D eigenvalue weighted by Crippen LogP contribution is -2.39. The number of nitrogens with zero attached hydrogens (tertiary/aromatic N) is 2. The second-order valence-electron chi connectivity index (χ2n) is 6.42. The molecule has 1 amide bonds. The van der Waals surface area contributed by atoms with Gasteiger partial charge in [0.1, 0.15) is 6.04 Å². The van der Waals surface area contributed by atoms with E-state index in [1.165, 1.54) is 0 Å². The molecule has 6 heteroatoms. The molecule has 3 rings (SSSR count). The quantitative estimate of drug-likeness (QED) is 0.584. The molecule has 0 radical (unpaired) electrons. The van der Waals surface area contributed by atoms with Crippen molar-refractivity contribution in [2.45, 2.75) is 18.9 Å². The topological polar surface area (TPSA) is 66.9 Å². The Bertz CT molecular complexity index is 874. The number of carbonyl (C=O) groups is 1. The lowest BCUT2D eigenvalue weighted by atomic mass is 10.1. The van der Waals surface area contributed by atoms with Crippen LogP contribution in [0, 0.1) is 0 Å². The van der Waals surface area contributed by atoms with E-state index in [1.807, 2.05) is 48.7 Å². The van der Waals surface area contributed by atoms with Crippen molar-refractivity contribution in [2.75, 3.05) is 13.1 Å². The van der Waals surface area contributed by atoms with Gasteiger partial charge in [-0.05, 0) is 53.8 Å². The van der Waals surface area contributed by atoms with Gasteiger partial charge < -0.3 is 10.6 Å². The van der Waals surface area contributed by atoms with Crippen LogP contribution in [-0.2, 0) is 17.6 Å². The highest BCUT2D eigenvalue weighted by Crippen LogP contribution is 2.23. The first-order valence-corrected chi connectivity index (χ1v) is 9.65. The number of hydrogen-bond donors (Lipinski definition) is 2. The molecule has 0 aliphatic heterocycles. The summed E-state index contributed by atoms with van der Waals surface area (Å²) in [5.74, 6) is -0.0910. The monoisotopic (exact) mass is 394 g/mol. The minimum Gasteiger partial charge on any atom is -0.354 e. The zero-order valence-corrected chi connectivity index (χ0v) is 16.3. The summed E-state index contributed by atoms with van der Waals surface area (Å²) in [6, 6.07) is 14.8. The number of halogens is 1. The normalized spacial score (nSPS) is 11.8. The van der Waals surface area contributed by atoms with Crippen LogP contribution in [0.3, 0.4) is 0 Å². The number of pyridine rings is 2. The first-order chi connectivity index (χ1) is 13.7. The summed E-state index contributed by atoms with van der Waals surface area (Å²) in [7, 11) is 0. The number of carbonyl (C=O) groups excluding carboxylic acids is 1. The zero-order valence-electron chi connectivity index (χ0n) is 15.5. The summed E-state index contributed by atoms with van der Waals surface area (Å²) in [4.78, 5) is 21.0. The standard InChI is InChI=1S/C22H23ClN4O/c23-20-6-2-1-5-19(20)21(26-14-9-17-7-12-24-13-8-17)22(28)27-15-10-18-4-3-11-25-16-18/h1-8,11-13,16,21,26H,9-10,14-15H2,(H,27,28). The van der Waals surface area contributed by atoms with Crippen LogP contribution in [0.2, 0.25) is 5.02 Å². The Kier molecular flexibility index (Phi) is 7.53. The lowest BCUT2D eigenvalue weighted by molar-refractivity contribution is -0.123. The number of rotatable bonds is 9. The molecule has 3 aromatic rings. The molecule has 2 aromatic heterocycles. The van der Waals surface area contributed by atoms with E-state index in [2.05, 4.69) is 20.6 Å². The number of amides is 1. The molecular weight excluding hydrogens is 372 g/mol. The molecule has 144 valence electrons. The molecule has 0 aliphatic carbocycles. The molecule has 0 aliphatic rings. The lowest BCUT2D eigenvalue weighted by Gasteiger charge is -2.20. The highest BCUT2D eigenvalue weighted by molar-refractivity contribution is 6.31. The Hall–Kier alpha value is -2.76. The van der Waals surface area contributed by atoms with Gasteiger partial charge in [0.05, 0.1) is 0 Å². The highest BCUT2D eigenvalue weighted by atomic mass is 35.5. The van der Waals surface area contributed by atoms with E-state index in [4.69, 9.17) is 11.6 Å². The van der Waals surface area contributed by atoms with Crippen LogP contribution in [-0.4, -0.2) is 29.0 Å². The van der Waals surface area contributed by atoms with E-state index >= 15 is 0 Å². The molecule has 2 N–H and O–H groups in total. The maximum atomic E-state index is 12.9. The van der Waals surface area contributed by atoms with Gasteiger partial charge in [0, 0.05) is 42.9 Å². The Morgan fingerprint density at radius 2 is 1.68 bits per heavy atom. The van der Waals surface area contributed by atoms with Gasteiger partial charge in [-0.3, -0.25) is 14.8 Å². The minimum atomic E-state index is -0.510. The number of aromatic nitrogens is 2. The molecule has 0 bridgehead atoms. The van der Waals surface area contributed by atoms with Crippen LogP contribution in [0.5, 0.6) is 0 Å². The average molecular weight is 395 g/mol. The predicted octanol–water partition coefficient (Wildman–Crippen LogP) is 3.36. The van der Waals surface area contributed by atoms with Crippen LogP contribution in [0.15, 0.2) is 73.3 Å². The Morgan fingerprint density at radius 1 is 0.893 bits per heavy atom. The Morgan fingerprint density at radius 3 is 2.43 bits per heavy atom. The maximum Gasteiger partial charge on any atom is 0.241 e.